The number of nitrogens with zero attached hydrogens (tertiary/aromatic N) is 5. The van der Waals surface area contributed by atoms with E-state index in [9.17, 15) is 4.79 Å². The van der Waals surface area contributed by atoms with E-state index < -0.39 is 0 Å². The molecule has 4 rings (SSSR count). The Bertz CT molecular complexity index is 614. The lowest BCUT2D eigenvalue weighted by Crippen LogP contribution is -2.24. The Kier molecular flexibility index (Phi) is 1.95. The molecule has 2 aliphatic rings. The number of aromatic nitrogens is 4. The summed E-state index contributed by atoms with van der Waals surface area (Å²) in [6, 6.07) is 0.829. The van der Waals surface area contributed by atoms with Gasteiger partial charge in [-0.05, 0) is 25.7 Å². The number of carbonyl (C=O) groups is 1. The molecule has 2 aliphatic carbocycles. The van der Waals surface area contributed by atoms with E-state index in [1.54, 1.807) is 4.90 Å². The van der Waals surface area contributed by atoms with Crippen molar-refractivity contribution in [1.82, 2.24) is 19.5 Å². The van der Waals surface area contributed by atoms with Gasteiger partial charge in [0.1, 0.15) is 6.33 Å². The fraction of sp³-hybridized carbons (Fsp3) is 0.500. The summed E-state index contributed by atoms with van der Waals surface area (Å²) in [7, 11) is 0. The van der Waals surface area contributed by atoms with Crippen molar-refractivity contribution in [2.24, 2.45) is 0 Å². The van der Waals surface area contributed by atoms with Crippen LogP contribution in [-0.4, -0.2) is 32.0 Å². The zero-order chi connectivity index (χ0) is 12.1. The van der Waals surface area contributed by atoms with Gasteiger partial charge in [-0.1, -0.05) is 0 Å². The zero-order valence-electron chi connectivity index (χ0n) is 9.86. The van der Waals surface area contributed by atoms with Crippen LogP contribution in [0.4, 0.5) is 5.82 Å². The predicted octanol–water partition coefficient (Wildman–Crippen LogP) is 1.29. The maximum Gasteiger partial charge on any atom is 0.215 e. The third-order valence-electron chi connectivity index (χ3n) is 3.58. The quantitative estimate of drug-likeness (QED) is 0.759. The summed E-state index contributed by atoms with van der Waals surface area (Å²) in [5, 5.41) is 0. The first-order chi connectivity index (χ1) is 8.88. The predicted molar refractivity (Wildman–Crippen MR) is 65.2 cm³/mol. The van der Waals surface area contributed by atoms with Gasteiger partial charge in [-0.2, -0.15) is 0 Å². The van der Waals surface area contributed by atoms with E-state index >= 15 is 0 Å². The molecule has 2 aromatic rings. The molecule has 0 radical (unpaired) electrons. The van der Waals surface area contributed by atoms with Gasteiger partial charge in [0.05, 0.1) is 6.33 Å². The molecule has 0 bridgehead atoms. The van der Waals surface area contributed by atoms with E-state index in [0.29, 0.717) is 17.9 Å². The molecule has 0 aromatic carbocycles. The third-order valence-corrected chi connectivity index (χ3v) is 3.58. The van der Waals surface area contributed by atoms with Gasteiger partial charge in [0.2, 0.25) is 6.41 Å². The van der Waals surface area contributed by atoms with Gasteiger partial charge in [-0.15, -0.1) is 0 Å². The molecule has 1 amide bonds. The number of carbonyl (C=O) groups excluding carboxylic acids is 1. The van der Waals surface area contributed by atoms with E-state index in [0.717, 1.165) is 30.4 Å². The van der Waals surface area contributed by atoms with Crippen LogP contribution in [0.15, 0.2) is 12.7 Å². The monoisotopic (exact) mass is 243 g/mol. The molecule has 0 atom stereocenters. The summed E-state index contributed by atoms with van der Waals surface area (Å²) in [5.41, 5.74) is 1.58. The Morgan fingerprint density at radius 3 is 2.72 bits per heavy atom. The third kappa shape index (κ3) is 1.41. The van der Waals surface area contributed by atoms with Gasteiger partial charge in [0.25, 0.3) is 0 Å². The van der Waals surface area contributed by atoms with Crippen molar-refractivity contribution in [2.75, 3.05) is 4.90 Å². The average Bonchev–Trinajstić information content (AvgIpc) is 3.30. The van der Waals surface area contributed by atoms with Crippen molar-refractivity contribution in [2.45, 2.75) is 37.8 Å². The van der Waals surface area contributed by atoms with Crippen LogP contribution in [0.1, 0.15) is 31.7 Å². The minimum Gasteiger partial charge on any atom is -0.312 e. The molecule has 0 unspecified atom stereocenters. The van der Waals surface area contributed by atoms with Crippen LogP contribution >= 0.6 is 0 Å². The van der Waals surface area contributed by atoms with Gasteiger partial charge in [0.15, 0.2) is 17.0 Å². The molecule has 2 aromatic heterocycles. The molecule has 0 N–H and O–H groups in total. The summed E-state index contributed by atoms with van der Waals surface area (Å²) < 4.78 is 2.09. The van der Waals surface area contributed by atoms with E-state index in [1.165, 1.54) is 19.2 Å². The van der Waals surface area contributed by atoms with Crippen LogP contribution in [0.3, 0.4) is 0 Å². The standard InChI is InChI=1S/C12H13N5O/c18-7-17(9-3-4-9)12-10-11(13-5-14-12)16(6-15-10)8-1-2-8/h5-9H,1-4H2. The first-order valence-corrected chi connectivity index (χ1v) is 6.29. The topological polar surface area (TPSA) is 63.9 Å². The number of amides is 1. The highest BCUT2D eigenvalue weighted by molar-refractivity contribution is 5.90. The van der Waals surface area contributed by atoms with Gasteiger partial charge in [0, 0.05) is 12.1 Å². The van der Waals surface area contributed by atoms with Gasteiger partial charge in [-0.25, -0.2) is 15.0 Å². The Morgan fingerprint density at radius 2 is 2.06 bits per heavy atom. The summed E-state index contributed by atoms with van der Waals surface area (Å²) in [6.45, 7) is 0. The lowest BCUT2D eigenvalue weighted by molar-refractivity contribution is -0.107. The van der Waals surface area contributed by atoms with Crippen LogP contribution in [0, 0.1) is 0 Å². The number of rotatable bonds is 4. The molecule has 2 heterocycles. The van der Waals surface area contributed by atoms with Crippen LogP contribution in [0.5, 0.6) is 0 Å². The van der Waals surface area contributed by atoms with Crippen molar-refractivity contribution >= 4 is 23.4 Å². The van der Waals surface area contributed by atoms with E-state index in [1.807, 2.05) is 6.33 Å². The molecular formula is C12H13N5O. The second-order valence-electron chi connectivity index (χ2n) is 5.00. The summed E-state index contributed by atoms with van der Waals surface area (Å²) >= 11 is 0. The minimum atomic E-state index is 0.298. The lowest BCUT2D eigenvalue weighted by Gasteiger charge is -2.15. The Balaban J connectivity index is 1.86. The van der Waals surface area contributed by atoms with Gasteiger partial charge < -0.3 is 4.57 Å². The van der Waals surface area contributed by atoms with Crippen molar-refractivity contribution in [3.63, 3.8) is 0 Å². The summed E-state index contributed by atoms with van der Waals surface area (Å²) in [5.74, 6) is 0.650. The smallest absolute Gasteiger partial charge is 0.215 e. The molecule has 0 saturated heterocycles. The highest BCUT2D eigenvalue weighted by Crippen LogP contribution is 2.38. The fourth-order valence-electron chi connectivity index (χ4n) is 2.31. The second kappa shape index (κ2) is 3.51. The first kappa shape index (κ1) is 9.99. The van der Waals surface area contributed by atoms with Crippen LogP contribution in [-0.2, 0) is 4.79 Å². The van der Waals surface area contributed by atoms with E-state index in [4.69, 9.17) is 0 Å². The second-order valence-corrected chi connectivity index (χ2v) is 5.00. The normalized spacial score (nSPS) is 19.1. The molecule has 6 nitrogen and oxygen atoms in total. The van der Waals surface area contributed by atoms with Crippen LogP contribution in [0.2, 0.25) is 0 Å². The van der Waals surface area contributed by atoms with Crippen molar-refractivity contribution in [3.8, 4) is 0 Å². The lowest BCUT2D eigenvalue weighted by atomic mass is 10.4. The van der Waals surface area contributed by atoms with Gasteiger partial charge >= 0.3 is 0 Å². The SMILES string of the molecule is O=CN(c1ncnc2c1ncn2C1CC1)C1CC1. The largest absolute Gasteiger partial charge is 0.312 e. The maximum atomic E-state index is 11.2. The fourth-order valence-corrected chi connectivity index (χ4v) is 2.31. The van der Waals surface area contributed by atoms with Crippen molar-refractivity contribution < 1.29 is 4.79 Å². The maximum absolute atomic E-state index is 11.2. The van der Waals surface area contributed by atoms with E-state index in [-0.39, 0.29) is 0 Å². The van der Waals surface area contributed by atoms with Gasteiger partial charge in [-0.3, -0.25) is 9.69 Å². The molecule has 92 valence electrons. The molecule has 18 heavy (non-hydrogen) atoms. The number of hydrogen-bond donors (Lipinski definition) is 0. The summed E-state index contributed by atoms with van der Waals surface area (Å²) in [6.07, 6.45) is 8.67. The number of imidazole rings is 1. The molecular weight excluding hydrogens is 230 g/mol. The highest BCUT2D eigenvalue weighted by atomic mass is 16.1. The highest BCUT2D eigenvalue weighted by Gasteiger charge is 2.32. The van der Waals surface area contributed by atoms with Crippen LogP contribution in [0.25, 0.3) is 11.2 Å². The Morgan fingerprint density at radius 1 is 1.22 bits per heavy atom. The first-order valence-electron chi connectivity index (χ1n) is 6.29. The molecule has 6 heteroatoms. The molecule has 2 fully saturated rings. The average molecular weight is 243 g/mol. The zero-order valence-corrected chi connectivity index (χ0v) is 9.86. The van der Waals surface area contributed by atoms with Crippen LogP contribution < -0.4 is 4.90 Å². The number of anilines is 1. The molecule has 0 aliphatic heterocycles. The number of fused-ring (bicyclic) bond motifs is 1. The van der Waals surface area contributed by atoms with Crippen molar-refractivity contribution in [1.29, 1.82) is 0 Å². The Hall–Kier alpha value is -1.98. The molecule has 2 saturated carbocycles. The van der Waals surface area contributed by atoms with Crippen molar-refractivity contribution in [3.05, 3.63) is 12.7 Å². The number of hydrogen-bond acceptors (Lipinski definition) is 4. The Labute approximate surface area is 104 Å². The van der Waals surface area contributed by atoms with E-state index in [2.05, 4.69) is 19.5 Å². The molecule has 0 spiro atoms. The minimum absolute atomic E-state index is 0.298. The summed E-state index contributed by atoms with van der Waals surface area (Å²) in [4.78, 5) is 25.8.